The second-order valence-corrected chi connectivity index (χ2v) is 5.70. The van der Waals surface area contributed by atoms with Crippen LogP contribution in [-0.2, 0) is 11.2 Å². The standard InChI is InChI=1S/C16H12BrNO6/c1-24-14-8-12(10(6-13(14)17)7-15(19)20)16(21)9-2-4-11(5-3-9)18(22)23/h2-6,8H,7H2,1H3,(H,19,20). The molecule has 0 saturated heterocycles. The van der Waals surface area contributed by atoms with Gasteiger partial charge in [-0.05, 0) is 45.8 Å². The molecule has 2 rings (SSSR count). The van der Waals surface area contributed by atoms with E-state index in [4.69, 9.17) is 9.84 Å². The smallest absolute Gasteiger partial charge is 0.307 e. The molecule has 0 spiro atoms. The third-order valence-electron chi connectivity index (χ3n) is 3.30. The Labute approximate surface area is 145 Å². The average Bonchev–Trinajstić information content (AvgIpc) is 2.54. The molecule has 0 fully saturated rings. The highest BCUT2D eigenvalue weighted by Crippen LogP contribution is 2.30. The number of methoxy groups -OCH3 is 1. The van der Waals surface area contributed by atoms with E-state index >= 15 is 0 Å². The molecule has 7 nitrogen and oxygen atoms in total. The highest BCUT2D eigenvalue weighted by atomic mass is 79.9. The Balaban J connectivity index is 2.50. The van der Waals surface area contributed by atoms with E-state index in [-0.39, 0.29) is 23.2 Å². The number of ketones is 1. The van der Waals surface area contributed by atoms with Crippen LogP contribution in [0, 0.1) is 10.1 Å². The number of carbonyl (C=O) groups excluding carboxylic acids is 1. The Hall–Kier alpha value is -2.74. The zero-order valence-electron chi connectivity index (χ0n) is 12.5. The molecule has 0 aliphatic heterocycles. The number of carbonyl (C=O) groups is 2. The van der Waals surface area contributed by atoms with Gasteiger partial charge in [0.25, 0.3) is 5.69 Å². The Morgan fingerprint density at radius 2 is 1.88 bits per heavy atom. The summed E-state index contributed by atoms with van der Waals surface area (Å²) in [5.74, 6) is -1.13. The summed E-state index contributed by atoms with van der Waals surface area (Å²) in [7, 11) is 1.43. The quantitative estimate of drug-likeness (QED) is 0.458. The van der Waals surface area contributed by atoms with Crippen molar-refractivity contribution in [3.8, 4) is 5.75 Å². The number of halogens is 1. The minimum absolute atomic E-state index is 0.134. The molecular weight excluding hydrogens is 382 g/mol. The van der Waals surface area contributed by atoms with E-state index in [2.05, 4.69) is 15.9 Å². The molecule has 2 aromatic carbocycles. The number of carboxylic acid groups (broad SMARTS) is 1. The summed E-state index contributed by atoms with van der Waals surface area (Å²) in [5, 5.41) is 19.7. The number of benzene rings is 2. The van der Waals surface area contributed by atoms with Crippen LogP contribution in [0.25, 0.3) is 0 Å². The van der Waals surface area contributed by atoms with Crippen molar-refractivity contribution in [3.63, 3.8) is 0 Å². The Bertz CT molecular complexity index is 816. The molecule has 1 N–H and O–H groups in total. The number of rotatable bonds is 6. The van der Waals surface area contributed by atoms with Crippen LogP contribution in [-0.4, -0.2) is 28.9 Å². The van der Waals surface area contributed by atoms with Gasteiger partial charge < -0.3 is 9.84 Å². The predicted molar refractivity (Wildman–Crippen MR) is 88.6 cm³/mol. The number of hydrogen-bond acceptors (Lipinski definition) is 5. The van der Waals surface area contributed by atoms with Gasteiger partial charge >= 0.3 is 5.97 Å². The fourth-order valence-electron chi connectivity index (χ4n) is 2.16. The average molecular weight is 394 g/mol. The number of ether oxygens (including phenoxy) is 1. The molecule has 0 aromatic heterocycles. The first-order chi connectivity index (χ1) is 11.3. The van der Waals surface area contributed by atoms with Gasteiger partial charge in [-0.2, -0.15) is 0 Å². The van der Waals surface area contributed by atoms with E-state index in [0.29, 0.717) is 15.8 Å². The van der Waals surface area contributed by atoms with Crippen LogP contribution in [0.1, 0.15) is 21.5 Å². The van der Waals surface area contributed by atoms with Gasteiger partial charge in [-0.15, -0.1) is 0 Å². The van der Waals surface area contributed by atoms with Gasteiger partial charge in [-0.25, -0.2) is 0 Å². The van der Waals surface area contributed by atoms with Gasteiger partial charge in [-0.1, -0.05) is 0 Å². The van der Waals surface area contributed by atoms with E-state index in [0.717, 1.165) is 0 Å². The number of nitro benzene ring substituents is 1. The maximum Gasteiger partial charge on any atom is 0.307 e. The van der Waals surface area contributed by atoms with Gasteiger partial charge in [-0.3, -0.25) is 19.7 Å². The lowest BCUT2D eigenvalue weighted by Gasteiger charge is -2.11. The van der Waals surface area contributed by atoms with Gasteiger partial charge in [0.2, 0.25) is 0 Å². The van der Waals surface area contributed by atoms with Crippen LogP contribution < -0.4 is 4.74 Å². The highest BCUT2D eigenvalue weighted by Gasteiger charge is 2.19. The Morgan fingerprint density at radius 3 is 2.38 bits per heavy atom. The third kappa shape index (κ3) is 3.77. The fourth-order valence-corrected chi connectivity index (χ4v) is 2.71. The fraction of sp³-hybridized carbons (Fsp3) is 0.125. The van der Waals surface area contributed by atoms with Crippen LogP contribution in [0.5, 0.6) is 5.75 Å². The third-order valence-corrected chi connectivity index (χ3v) is 3.92. The van der Waals surface area contributed by atoms with Crippen LogP contribution in [0.15, 0.2) is 40.9 Å². The van der Waals surface area contributed by atoms with Crippen molar-refractivity contribution in [1.29, 1.82) is 0 Å². The van der Waals surface area contributed by atoms with Gasteiger partial charge in [0, 0.05) is 23.3 Å². The molecule has 124 valence electrons. The van der Waals surface area contributed by atoms with E-state index in [1.165, 1.54) is 43.5 Å². The monoisotopic (exact) mass is 393 g/mol. The van der Waals surface area contributed by atoms with Crippen molar-refractivity contribution in [2.75, 3.05) is 7.11 Å². The van der Waals surface area contributed by atoms with Crippen molar-refractivity contribution in [2.24, 2.45) is 0 Å². The van der Waals surface area contributed by atoms with Crippen molar-refractivity contribution in [2.45, 2.75) is 6.42 Å². The number of non-ortho nitro benzene ring substituents is 1. The zero-order valence-corrected chi connectivity index (χ0v) is 14.1. The molecule has 0 heterocycles. The molecule has 0 radical (unpaired) electrons. The first-order valence-corrected chi connectivity index (χ1v) is 7.50. The number of aliphatic carboxylic acids is 1. The van der Waals surface area contributed by atoms with Gasteiger partial charge in [0.15, 0.2) is 5.78 Å². The van der Waals surface area contributed by atoms with Crippen LogP contribution in [0.3, 0.4) is 0 Å². The number of nitrogens with zero attached hydrogens (tertiary/aromatic N) is 1. The zero-order chi connectivity index (χ0) is 17.9. The highest BCUT2D eigenvalue weighted by molar-refractivity contribution is 9.10. The summed E-state index contributed by atoms with van der Waals surface area (Å²) in [5.41, 5.74) is 0.576. The maximum absolute atomic E-state index is 12.7. The minimum atomic E-state index is -1.08. The molecule has 0 aliphatic carbocycles. The van der Waals surface area contributed by atoms with Crippen molar-refractivity contribution < 1.29 is 24.4 Å². The summed E-state index contributed by atoms with van der Waals surface area (Å²) < 4.78 is 5.68. The molecule has 0 aliphatic rings. The van der Waals surface area contributed by atoms with Crippen LogP contribution in [0.2, 0.25) is 0 Å². The molecule has 0 atom stereocenters. The lowest BCUT2D eigenvalue weighted by atomic mass is 9.96. The topological polar surface area (TPSA) is 107 Å². The second-order valence-electron chi connectivity index (χ2n) is 4.85. The SMILES string of the molecule is COc1cc(C(=O)c2ccc([N+](=O)[O-])cc2)c(CC(=O)O)cc1Br. The van der Waals surface area contributed by atoms with Crippen molar-refractivity contribution in [1.82, 2.24) is 0 Å². The molecule has 8 heteroatoms. The maximum atomic E-state index is 12.7. The molecule has 0 amide bonds. The first-order valence-electron chi connectivity index (χ1n) is 6.71. The van der Waals surface area contributed by atoms with Crippen molar-refractivity contribution >= 4 is 33.4 Å². The molecule has 2 aromatic rings. The van der Waals surface area contributed by atoms with E-state index in [9.17, 15) is 19.7 Å². The van der Waals surface area contributed by atoms with Gasteiger partial charge in [0.1, 0.15) is 5.75 Å². The predicted octanol–water partition coefficient (Wildman–Crippen LogP) is 3.22. The largest absolute Gasteiger partial charge is 0.496 e. The van der Waals surface area contributed by atoms with Crippen LogP contribution >= 0.6 is 15.9 Å². The normalized spacial score (nSPS) is 10.2. The van der Waals surface area contributed by atoms with E-state index in [1.807, 2.05) is 0 Å². The number of carboxylic acids is 1. The van der Waals surface area contributed by atoms with Crippen molar-refractivity contribution in [3.05, 3.63) is 67.7 Å². The molecule has 0 unspecified atom stereocenters. The number of hydrogen-bond donors (Lipinski definition) is 1. The minimum Gasteiger partial charge on any atom is -0.496 e. The van der Waals surface area contributed by atoms with Gasteiger partial charge in [0.05, 0.1) is 22.9 Å². The summed E-state index contributed by atoms with van der Waals surface area (Å²) >= 11 is 3.26. The van der Waals surface area contributed by atoms with Crippen LogP contribution in [0.4, 0.5) is 5.69 Å². The summed E-state index contributed by atoms with van der Waals surface area (Å²) in [6, 6.07) is 8.08. The lowest BCUT2D eigenvalue weighted by Crippen LogP contribution is -2.10. The summed E-state index contributed by atoms with van der Waals surface area (Å²) in [6.07, 6.45) is -0.337. The summed E-state index contributed by atoms with van der Waals surface area (Å²) in [6.45, 7) is 0. The molecule has 0 bridgehead atoms. The molecular formula is C16H12BrNO6. The molecule has 0 saturated carbocycles. The Kier molecular flexibility index (Phi) is 5.30. The summed E-state index contributed by atoms with van der Waals surface area (Å²) in [4.78, 5) is 33.8. The van der Waals surface area contributed by atoms with E-state index in [1.54, 1.807) is 0 Å². The lowest BCUT2D eigenvalue weighted by molar-refractivity contribution is -0.384. The molecule has 24 heavy (non-hydrogen) atoms. The Morgan fingerprint density at radius 1 is 1.25 bits per heavy atom. The van der Waals surface area contributed by atoms with E-state index < -0.39 is 16.7 Å². The second kappa shape index (κ2) is 7.22. The first kappa shape index (κ1) is 17.6. The number of nitro groups is 1.